The van der Waals surface area contributed by atoms with Crippen LogP contribution < -0.4 is 0 Å². The Morgan fingerprint density at radius 2 is 2.16 bits per heavy atom. The van der Waals surface area contributed by atoms with Gasteiger partial charge in [0.15, 0.2) is 5.52 Å². The number of benzene rings is 1. The molecule has 2 aromatic heterocycles. The summed E-state index contributed by atoms with van der Waals surface area (Å²) in [4.78, 5) is 15.5. The summed E-state index contributed by atoms with van der Waals surface area (Å²) in [5.41, 5.74) is 1.94. The van der Waals surface area contributed by atoms with Crippen molar-refractivity contribution >= 4 is 28.5 Å². The van der Waals surface area contributed by atoms with Gasteiger partial charge in [0.25, 0.3) is 0 Å². The second kappa shape index (κ2) is 6.84. The minimum absolute atomic E-state index is 0.0540. The average molecular weight is 357 g/mol. The fourth-order valence-electron chi connectivity index (χ4n) is 2.34. The molecule has 0 spiro atoms. The first-order valence-electron chi connectivity index (χ1n) is 7.02. The van der Waals surface area contributed by atoms with E-state index in [1.54, 1.807) is 13.2 Å². The second-order valence-corrected chi connectivity index (χ2v) is 6.08. The number of nitrogens with zero attached hydrogens (tertiary/aromatic N) is 5. The van der Waals surface area contributed by atoms with Crippen LogP contribution in [0, 0.1) is 28.4 Å². The zero-order valence-electron chi connectivity index (χ0n) is 13.2. The topological polar surface area (TPSA) is 128 Å². The average Bonchev–Trinajstić information content (AvgIpc) is 3.05. The number of nitro groups is 1. The summed E-state index contributed by atoms with van der Waals surface area (Å²) in [6.45, 7) is 2.09. The molecule has 0 bridgehead atoms. The third-order valence-electron chi connectivity index (χ3n) is 3.37. The SMILES string of the molecule is COCc1cc(C)nc(Sc2ccc([N+](=O)[O-])c3nonc23)c1C#N. The Kier molecular flexibility index (Phi) is 4.60. The number of rotatable bonds is 5. The van der Waals surface area contributed by atoms with Gasteiger partial charge in [0.1, 0.15) is 11.1 Å². The highest BCUT2D eigenvalue weighted by molar-refractivity contribution is 7.99. The lowest BCUT2D eigenvalue weighted by atomic mass is 10.1. The monoisotopic (exact) mass is 357 g/mol. The molecule has 0 aliphatic rings. The van der Waals surface area contributed by atoms with Crippen LogP contribution in [0.25, 0.3) is 11.0 Å². The Labute approximate surface area is 145 Å². The van der Waals surface area contributed by atoms with E-state index in [0.717, 1.165) is 11.3 Å². The lowest BCUT2D eigenvalue weighted by Gasteiger charge is -2.09. The van der Waals surface area contributed by atoms with Crippen LogP contribution in [0.3, 0.4) is 0 Å². The first-order valence-corrected chi connectivity index (χ1v) is 7.84. The van der Waals surface area contributed by atoms with Crippen molar-refractivity contribution in [2.24, 2.45) is 0 Å². The molecule has 3 aromatic rings. The number of ether oxygens (including phenoxy) is 1. The van der Waals surface area contributed by atoms with E-state index < -0.39 is 4.92 Å². The molecule has 1 aromatic carbocycles. The summed E-state index contributed by atoms with van der Waals surface area (Å²) in [6.07, 6.45) is 0. The van der Waals surface area contributed by atoms with Crippen LogP contribution in [0.1, 0.15) is 16.8 Å². The molecule has 0 radical (unpaired) electrons. The smallest absolute Gasteiger partial charge is 0.300 e. The molecule has 0 atom stereocenters. The van der Waals surface area contributed by atoms with E-state index in [9.17, 15) is 15.4 Å². The van der Waals surface area contributed by atoms with E-state index in [2.05, 4.69) is 26.0 Å². The molecule has 10 heteroatoms. The molecule has 0 saturated carbocycles. The van der Waals surface area contributed by atoms with E-state index in [0.29, 0.717) is 15.5 Å². The minimum atomic E-state index is -0.552. The second-order valence-electron chi connectivity index (χ2n) is 5.05. The van der Waals surface area contributed by atoms with Crippen molar-refractivity contribution in [1.82, 2.24) is 15.3 Å². The van der Waals surface area contributed by atoms with Gasteiger partial charge in [-0.1, -0.05) is 11.8 Å². The maximum Gasteiger partial charge on any atom is 0.300 e. The summed E-state index contributed by atoms with van der Waals surface area (Å²) in [7, 11) is 1.55. The van der Waals surface area contributed by atoms with Crippen LogP contribution in [-0.2, 0) is 11.3 Å². The Morgan fingerprint density at radius 3 is 2.84 bits per heavy atom. The van der Waals surface area contributed by atoms with E-state index in [4.69, 9.17) is 4.74 Å². The van der Waals surface area contributed by atoms with Gasteiger partial charge in [0.2, 0.25) is 5.52 Å². The number of pyridine rings is 1. The first kappa shape index (κ1) is 16.8. The number of nitriles is 1. The largest absolute Gasteiger partial charge is 0.380 e. The standard InChI is InChI=1S/C15H11N5O4S/c1-8-5-9(7-23-2)10(6-16)15(17-8)25-12-4-3-11(20(21)22)13-14(12)19-24-18-13/h3-5H,7H2,1-2H3. The van der Waals surface area contributed by atoms with E-state index in [1.807, 2.05) is 6.92 Å². The zero-order valence-corrected chi connectivity index (χ0v) is 14.0. The quantitative estimate of drug-likeness (QED) is 0.500. The number of aryl methyl sites for hydroxylation is 1. The Balaban J connectivity index is 2.11. The van der Waals surface area contributed by atoms with Gasteiger partial charge in [-0.3, -0.25) is 10.1 Å². The van der Waals surface area contributed by atoms with Crippen molar-refractivity contribution in [2.75, 3.05) is 7.11 Å². The molecule has 0 fully saturated rings. The Morgan fingerprint density at radius 1 is 1.40 bits per heavy atom. The molecule has 3 rings (SSSR count). The summed E-state index contributed by atoms with van der Waals surface area (Å²) in [6, 6.07) is 6.79. The number of hydrogen-bond donors (Lipinski definition) is 0. The van der Waals surface area contributed by atoms with Crippen LogP contribution in [0.5, 0.6) is 0 Å². The number of hydrogen-bond acceptors (Lipinski definition) is 9. The number of methoxy groups -OCH3 is 1. The van der Waals surface area contributed by atoms with E-state index >= 15 is 0 Å². The lowest BCUT2D eigenvalue weighted by Crippen LogP contribution is -1.99. The van der Waals surface area contributed by atoms with Gasteiger partial charge < -0.3 is 4.74 Å². The van der Waals surface area contributed by atoms with Crippen molar-refractivity contribution in [3.05, 3.63) is 45.1 Å². The lowest BCUT2D eigenvalue weighted by molar-refractivity contribution is -0.383. The fourth-order valence-corrected chi connectivity index (χ4v) is 3.38. The molecular formula is C15H11N5O4S. The first-order chi connectivity index (χ1) is 12.0. The summed E-state index contributed by atoms with van der Waals surface area (Å²) in [5.74, 6) is 0. The van der Waals surface area contributed by atoms with Gasteiger partial charge in [-0.05, 0) is 29.4 Å². The molecule has 0 aliphatic carbocycles. The molecule has 0 N–H and O–H groups in total. The molecule has 0 unspecified atom stereocenters. The van der Waals surface area contributed by atoms with Crippen LogP contribution in [0.15, 0.2) is 32.7 Å². The molecule has 126 valence electrons. The Hall–Kier alpha value is -3.03. The Bertz CT molecular complexity index is 1010. The highest BCUT2D eigenvalue weighted by Crippen LogP contribution is 2.37. The normalized spacial score (nSPS) is 10.8. The van der Waals surface area contributed by atoms with Gasteiger partial charge >= 0.3 is 5.69 Å². The molecule has 2 heterocycles. The van der Waals surface area contributed by atoms with Gasteiger partial charge in [-0.25, -0.2) is 9.61 Å². The van der Waals surface area contributed by atoms with Crippen LogP contribution in [0.4, 0.5) is 5.69 Å². The van der Waals surface area contributed by atoms with Gasteiger partial charge in [0, 0.05) is 29.3 Å². The predicted octanol–water partition coefficient (Wildman–Crippen LogP) is 3.00. The molecule has 0 saturated heterocycles. The van der Waals surface area contributed by atoms with Gasteiger partial charge in [-0.15, -0.1) is 0 Å². The number of nitro benzene ring substituents is 1. The minimum Gasteiger partial charge on any atom is -0.380 e. The zero-order chi connectivity index (χ0) is 18.0. The molecule has 0 amide bonds. The summed E-state index contributed by atoms with van der Waals surface area (Å²) < 4.78 is 9.78. The number of fused-ring (bicyclic) bond motifs is 1. The van der Waals surface area contributed by atoms with Crippen molar-refractivity contribution in [3.8, 4) is 6.07 Å². The molecule has 9 nitrogen and oxygen atoms in total. The van der Waals surface area contributed by atoms with E-state index in [-0.39, 0.29) is 23.3 Å². The summed E-state index contributed by atoms with van der Waals surface area (Å²) in [5, 5.41) is 28.4. The molecular weight excluding hydrogens is 346 g/mol. The van der Waals surface area contributed by atoms with Gasteiger partial charge in [0.05, 0.1) is 17.1 Å². The molecule has 0 aliphatic heterocycles. The number of non-ortho nitro benzene ring substituents is 1. The van der Waals surface area contributed by atoms with Crippen molar-refractivity contribution in [3.63, 3.8) is 0 Å². The third-order valence-corrected chi connectivity index (χ3v) is 4.41. The van der Waals surface area contributed by atoms with Crippen molar-refractivity contribution in [1.29, 1.82) is 5.26 Å². The summed E-state index contributed by atoms with van der Waals surface area (Å²) >= 11 is 1.17. The maximum absolute atomic E-state index is 11.1. The predicted molar refractivity (Wildman–Crippen MR) is 87.0 cm³/mol. The molecule has 25 heavy (non-hydrogen) atoms. The highest BCUT2D eigenvalue weighted by Gasteiger charge is 2.21. The van der Waals surface area contributed by atoms with Gasteiger partial charge in [-0.2, -0.15) is 5.26 Å². The third kappa shape index (κ3) is 3.15. The van der Waals surface area contributed by atoms with E-state index in [1.165, 1.54) is 23.9 Å². The van der Waals surface area contributed by atoms with Crippen LogP contribution in [0.2, 0.25) is 0 Å². The highest BCUT2D eigenvalue weighted by atomic mass is 32.2. The van der Waals surface area contributed by atoms with Crippen molar-refractivity contribution < 1.29 is 14.3 Å². The maximum atomic E-state index is 11.1. The van der Waals surface area contributed by atoms with Crippen LogP contribution >= 0.6 is 11.8 Å². The number of aromatic nitrogens is 3. The van der Waals surface area contributed by atoms with Crippen LogP contribution in [-0.4, -0.2) is 27.3 Å². The fraction of sp³-hybridized carbons (Fsp3) is 0.200. The van der Waals surface area contributed by atoms with Crippen molar-refractivity contribution in [2.45, 2.75) is 23.5 Å².